The highest BCUT2D eigenvalue weighted by atomic mass is 32.1. The number of nitrogens with one attached hydrogen (secondary N) is 1. The summed E-state index contributed by atoms with van der Waals surface area (Å²) >= 11 is 1.57. The normalized spacial score (nSPS) is 10.9. The van der Waals surface area contributed by atoms with Crippen molar-refractivity contribution in [3.8, 4) is 0 Å². The number of fused-ring (bicyclic) bond motifs is 1. The van der Waals surface area contributed by atoms with Gasteiger partial charge in [-0.05, 0) is 48.7 Å². The van der Waals surface area contributed by atoms with Crippen LogP contribution in [-0.2, 0) is 6.54 Å². The molecule has 0 saturated heterocycles. The second-order valence-electron chi connectivity index (χ2n) is 6.35. The lowest BCUT2D eigenvalue weighted by atomic mass is 10.1. The highest BCUT2D eigenvalue weighted by Crippen LogP contribution is 2.17. The summed E-state index contributed by atoms with van der Waals surface area (Å²) in [4.78, 5) is 31.0. The van der Waals surface area contributed by atoms with Crippen LogP contribution < -0.4 is 10.9 Å². The third kappa shape index (κ3) is 3.57. The van der Waals surface area contributed by atoms with Gasteiger partial charge in [-0.15, -0.1) is 11.3 Å². The van der Waals surface area contributed by atoms with E-state index in [1.54, 1.807) is 47.2 Å². The molecule has 0 fully saturated rings. The Bertz CT molecular complexity index is 1230. The number of benzene rings is 1. The van der Waals surface area contributed by atoms with E-state index in [2.05, 4.69) is 10.3 Å². The molecule has 0 radical (unpaired) electrons. The molecule has 0 aliphatic rings. The summed E-state index contributed by atoms with van der Waals surface area (Å²) in [6, 6.07) is 12.9. The van der Waals surface area contributed by atoms with Crippen LogP contribution in [0.25, 0.3) is 10.9 Å². The fourth-order valence-electron chi connectivity index (χ4n) is 2.99. The molecule has 0 atom stereocenters. The lowest BCUT2D eigenvalue weighted by Crippen LogP contribution is -2.21. The minimum atomic E-state index is -0.442. The van der Waals surface area contributed by atoms with Crippen molar-refractivity contribution < 1.29 is 9.18 Å². The largest absolute Gasteiger partial charge is 0.322 e. The van der Waals surface area contributed by atoms with Gasteiger partial charge in [0, 0.05) is 16.8 Å². The molecule has 0 bridgehead atoms. The average Bonchev–Trinajstić information content (AvgIpc) is 3.17. The third-order valence-electron chi connectivity index (χ3n) is 4.38. The maximum atomic E-state index is 13.4. The van der Waals surface area contributed by atoms with Crippen molar-refractivity contribution in [2.45, 2.75) is 13.5 Å². The SMILES string of the molecule is Cc1nc2ccn(Cc3cccs3)c(=O)c2cc1C(=O)Nc1cccc(F)c1. The fraction of sp³-hybridized carbons (Fsp3) is 0.0952. The summed E-state index contributed by atoms with van der Waals surface area (Å²) in [5, 5.41) is 4.98. The fourth-order valence-corrected chi connectivity index (χ4v) is 3.70. The van der Waals surface area contributed by atoms with Gasteiger partial charge in [0.25, 0.3) is 11.5 Å². The quantitative estimate of drug-likeness (QED) is 0.565. The minimum absolute atomic E-state index is 0.210. The first-order valence-electron chi connectivity index (χ1n) is 8.61. The minimum Gasteiger partial charge on any atom is -0.322 e. The molecule has 28 heavy (non-hydrogen) atoms. The van der Waals surface area contributed by atoms with E-state index in [-0.39, 0.29) is 11.1 Å². The smallest absolute Gasteiger partial charge is 0.260 e. The number of anilines is 1. The number of thiophene rings is 1. The number of hydrogen-bond acceptors (Lipinski definition) is 4. The van der Waals surface area contributed by atoms with Gasteiger partial charge in [0.2, 0.25) is 0 Å². The highest BCUT2D eigenvalue weighted by Gasteiger charge is 2.15. The Hall–Kier alpha value is -3.32. The van der Waals surface area contributed by atoms with Crippen LogP contribution >= 0.6 is 11.3 Å². The van der Waals surface area contributed by atoms with Crippen molar-refractivity contribution in [2.75, 3.05) is 5.32 Å². The second kappa shape index (κ2) is 7.36. The van der Waals surface area contributed by atoms with Crippen LogP contribution in [-0.4, -0.2) is 15.5 Å². The van der Waals surface area contributed by atoms with Crippen molar-refractivity contribution in [3.63, 3.8) is 0 Å². The number of pyridine rings is 2. The van der Waals surface area contributed by atoms with Crippen LogP contribution in [0, 0.1) is 12.7 Å². The molecule has 4 aromatic rings. The van der Waals surface area contributed by atoms with Crippen molar-refractivity contribution in [1.82, 2.24) is 9.55 Å². The molecule has 1 N–H and O–H groups in total. The van der Waals surface area contributed by atoms with E-state index in [0.29, 0.717) is 28.8 Å². The zero-order chi connectivity index (χ0) is 19.7. The number of rotatable bonds is 4. The standard InChI is InChI=1S/C21H16FN3O2S/c1-13-17(20(26)24-15-5-2-4-14(22)10-15)11-18-19(23-13)7-8-25(21(18)27)12-16-6-3-9-28-16/h2-11H,12H2,1H3,(H,24,26). The van der Waals surface area contributed by atoms with Gasteiger partial charge in [-0.1, -0.05) is 12.1 Å². The molecule has 1 amide bonds. The second-order valence-corrected chi connectivity index (χ2v) is 7.38. The molecule has 0 aliphatic heterocycles. The zero-order valence-electron chi connectivity index (χ0n) is 15.0. The zero-order valence-corrected chi connectivity index (χ0v) is 15.8. The van der Waals surface area contributed by atoms with Gasteiger partial charge in [-0.3, -0.25) is 14.6 Å². The van der Waals surface area contributed by atoms with Gasteiger partial charge in [-0.25, -0.2) is 4.39 Å². The predicted octanol–water partition coefficient (Wildman–Crippen LogP) is 4.21. The van der Waals surface area contributed by atoms with Gasteiger partial charge in [0.05, 0.1) is 28.7 Å². The maximum absolute atomic E-state index is 13.4. The predicted molar refractivity (Wildman–Crippen MR) is 109 cm³/mol. The first-order chi connectivity index (χ1) is 13.5. The van der Waals surface area contributed by atoms with E-state index in [1.807, 2.05) is 17.5 Å². The summed E-state index contributed by atoms with van der Waals surface area (Å²) in [5.41, 5.74) is 1.44. The van der Waals surface area contributed by atoms with Crippen LogP contribution in [0.15, 0.2) is 64.9 Å². The van der Waals surface area contributed by atoms with Crippen LogP contribution in [0.4, 0.5) is 10.1 Å². The van der Waals surface area contributed by atoms with Crippen molar-refractivity contribution in [3.05, 3.63) is 92.4 Å². The monoisotopic (exact) mass is 393 g/mol. The number of carbonyl (C=O) groups is 1. The molecule has 1 aromatic carbocycles. The Morgan fingerprint density at radius 3 is 2.82 bits per heavy atom. The molecule has 140 valence electrons. The summed E-state index contributed by atoms with van der Waals surface area (Å²) in [7, 11) is 0. The van der Waals surface area contributed by atoms with E-state index in [9.17, 15) is 14.0 Å². The van der Waals surface area contributed by atoms with Crippen LogP contribution in [0.2, 0.25) is 0 Å². The molecular formula is C21H16FN3O2S. The summed E-state index contributed by atoms with van der Waals surface area (Å²) in [6.07, 6.45) is 1.71. The molecule has 0 unspecified atom stereocenters. The van der Waals surface area contributed by atoms with Gasteiger partial charge in [-0.2, -0.15) is 0 Å². The first-order valence-corrected chi connectivity index (χ1v) is 9.49. The Morgan fingerprint density at radius 2 is 2.07 bits per heavy atom. The van der Waals surface area contributed by atoms with Gasteiger partial charge in [0.15, 0.2) is 0 Å². The number of hydrogen-bond donors (Lipinski definition) is 1. The lowest BCUT2D eigenvalue weighted by molar-refractivity contribution is 0.102. The average molecular weight is 393 g/mol. The van der Waals surface area contributed by atoms with Crippen LogP contribution in [0.1, 0.15) is 20.9 Å². The first kappa shape index (κ1) is 18.1. The lowest BCUT2D eigenvalue weighted by Gasteiger charge is -2.10. The number of aryl methyl sites for hydroxylation is 1. The molecule has 0 spiro atoms. The number of aromatic nitrogens is 2. The molecule has 3 aromatic heterocycles. The summed E-state index contributed by atoms with van der Waals surface area (Å²) in [6.45, 7) is 2.17. The van der Waals surface area contributed by atoms with Crippen LogP contribution in [0.5, 0.6) is 0 Å². The van der Waals surface area contributed by atoms with E-state index < -0.39 is 11.7 Å². The van der Waals surface area contributed by atoms with Gasteiger partial charge < -0.3 is 9.88 Å². The molecular weight excluding hydrogens is 377 g/mol. The maximum Gasteiger partial charge on any atom is 0.260 e. The van der Waals surface area contributed by atoms with E-state index in [1.165, 1.54) is 18.2 Å². The highest BCUT2D eigenvalue weighted by molar-refractivity contribution is 7.09. The number of halogens is 1. The molecule has 0 saturated carbocycles. The molecule has 3 heterocycles. The van der Waals surface area contributed by atoms with Crippen molar-refractivity contribution >= 4 is 33.8 Å². The van der Waals surface area contributed by atoms with E-state index >= 15 is 0 Å². The molecule has 7 heteroatoms. The van der Waals surface area contributed by atoms with E-state index in [0.717, 1.165) is 4.88 Å². The van der Waals surface area contributed by atoms with Crippen molar-refractivity contribution in [1.29, 1.82) is 0 Å². The summed E-state index contributed by atoms with van der Waals surface area (Å²) in [5.74, 6) is -0.881. The van der Waals surface area contributed by atoms with E-state index in [4.69, 9.17) is 0 Å². The Kier molecular flexibility index (Phi) is 4.75. The number of carbonyl (C=O) groups excluding carboxylic acids is 1. The Balaban J connectivity index is 1.72. The molecule has 5 nitrogen and oxygen atoms in total. The van der Waals surface area contributed by atoms with Gasteiger partial charge >= 0.3 is 0 Å². The molecule has 0 aliphatic carbocycles. The Morgan fingerprint density at radius 1 is 1.21 bits per heavy atom. The summed E-state index contributed by atoms with van der Waals surface area (Å²) < 4.78 is 15.0. The van der Waals surface area contributed by atoms with Gasteiger partial charge in [0.1, 0.15) is 5.82 Å². The topological polar surface area (TPSA) is 64.0 Å². The molecule has 4 rings (SSSR count). The number of nitrogens with zero attached hydrogens (tertiary/aromatic N) is 2. The van der Waals surface area contributed by atoms with Crippen molar-refractivity contribution in [2.24, 2.45) is 0 Å². The Labute approximate surface area is 164 Å². The third-order valence-corrected chi connectivity index (χ3v) is 5.24. The van der Waals surface area contributed by atoms with Crippen LogP contribution in [0.3, 0.4) is 0 Å². The number of amides is 1.